The summed E-state index contributed by atoms with van der Waals surface area (Å²) in [6.07, 6.45) is -0.418. The number of carbonyl (C=O) groups excluding carboxylic acids is 2. The Labute approximate surface area is 692 Å². The summed E-state index contributed by atoms with van der Waals surface area (Å²) in [6.45, 7) is 8.45. The van der Waals surface area contributed by atoms with Crippen molar-refractivity contribution in [2.24, 2.45) is 0 Å². The van der Waals surface area contributed by atoms with Crippen molar-refractivity contribution in [2.75, 3.05) is 47.7 Å². The van der Waals surface area contributed by atoms with Crippen LogP contribution in [0.2, 0.25) is 0 Å². The van der Waals surface area contributed by atoms with Crippen molar-refractivity contribution in [3.8, 4) is 35.3 Å². The summed E-state index contributed by atoms with van der Waals surface area (Å²) in [4.78, 5) is 100.0. The number of pyridine rings is 3. The zero-order valence-corrected chi connectivity index (χ0v) is 64.3. The van der Waals surface area contributed by atoms with E-state index in [2.05, 4.69) is 58.3 Å². The van der Waals surface area contributed by atoms with Crippen molar-refractivity contribution < 1.29 is 143 Å². The third kappa shape index (κ3) is 17.6. The van der Waals surface area contributed by atoms with Gasteiger partial charge in [-0.25, -0.2) is 4.79 Å². The van der Waals surface area contributed by atoms with E-state index in [1.807, 2.05) is 123 Å². The molecule has 0 fully saturated rings. The Morgan fingerprint density at radius 3 is 1.49 bits per heavy atom. The monoisotopic (exact) mass is 1580 g/mol. The number of nitriles is 3. The van der Waals surface area contributed by atoms with Crippen LogP contribution in [0.15, 0.2) is 166 Å². The fourth-order valence-electron chi connectivity index (χ4n) is 11.6. The van der Waals surface area contributed by atoms with Crippen molar-refractivity contribution in [2.45, 2.75) is 54.3 Å². The summed E-state index contributed by atoms with van der Waals surface area (Å²) in [5.41, 5.74) is 7.85. The molecule has 33 heteroatoms. The summed E-state index contributed by atoms with van der Waals surface area (Å²) < 4.78 is 13.6. The average molecular weight is 1580 g/mol. The molecule has 0 aliphatic carbocycles. The smallest absolute Gasteiger partial charge is 1.00 e. The third-order valence-corrected chi connectivity index (χ3v) is 15.7. The number of alkyl carbamates (subject to hydrolysis) is 1. The maximum Gasteiger partial charge on any atom is 1.00 e. The predicted octanol–water partition coefficient (Wildman–Crippen LogP) is 6.21. The number of anilines is 2. The van der Waals surface area contributed by atoms with E-state index in [0.717, 1.165) is 50.3 Å². The topological polar surface area (TPSA) is 395 Å². The van der Waals surface area contributed by atoms with Crippen molar-refractivity contribution >= 4 is 141 Å². The van der Waals surface area contributed by atoms with Crippen molar-refractivity contribution in [3.05, 3.63) is 230 Å². The minimum atomic E-state index is -0.500. The summed E-state index contributed by atoms with van der Waals surface area (Å²) >= 11 is 7.50. The quantitative estimate of drug-likeness (QED) is 0.0275. The summed E-state index contributed by atoms with van der Waals surface area (Å²) in [5, 5.41) is 78.3. The standard InChI is InChI=1S/C21H15N5O3.C20H13N5O3.C18H10N4O3.C7H14ClNO2.CH3I.CH2O3.2CH4.2K.H/c1-23-10-11-24-17-5-3-2-4-15(17)19-20(24)18(23)16(12-22)21(27)25(19)13-6-8-14(9-7-13)26(28)29;21-11-15-17-19-18(14-3-1-2-4-16(14)23(19)10-9-22-17)24(20(15)26)12-5-7-13(8-6-12)25(27)28;19-10-11-9-16-17(14-3-1-2-4-15(14)20-16)21(18(11)23)12-5-7-13(8-6-12)22(24)25;1-7(2,3)11-6(10)9-5-4-8;1-2;2-1-4-3;;;;;/h2-9H,10-11H2,1H3;1-8,22H,9-10H2;1-9,20H;4-5H2,1-3H3,(H,9,10);1H3;1,3H;2*1H4;;;/q;;;;;;;;2*+1;-1/p-1. The number of alkyl halides is 2. The second-order valence-corrected chi connectivity index (χ2v) is 22.8. The van der Waals surface area contributed by atoms with Crippen LogP contribution in [0.3, 0.4) is 0 Å². The molecule has 0 spiro atoms. The second-order valence-electron chi connectivity index (χ2n) is 22.4. The van der Waals surface area contributed by atoms with E-state index >= 15 is 0 Å². The van der Waals surface area contributed by atoms with Crippen LogP contribution >= 0.6 is 34.2 Å². The summed E-state index contributed by atoms with van der Waals surface area (Å²) in [7, 11) is 1.88. The molecule has 2 aliphatic heterocycles. The van der Waals surface area contributed by atoms with E-state index in [1.54, 1.807) is 12.1 Å². The zero-order valence-electron chi connectivity index (χ0n) is 56.1. The van der Waals surface area contributed by atoms with E-state index in [0.29, 0.717) is 82.6 Å². The molecule has 3 N–H and O–H groups in total. The van der Waals surface area contributed by atoms with Crippen LogP contribution in [0.1, 0.15) is 53.7 Å². The van der Waals surface area contributed by atoms with Gasteiger partial charge in [-0.1, -0.05) is 92.0 Å². The van der Waals surface area contributed by atoms with E-state index in [4.69, 9.17) is 26.4 Å². The molecule has 0 saturated heterocycles. The molecule has 2 aliphatic rings. The van der Waals surface area contributed by atoms with Gasteiger partial charge >= 0.3 is 109 Å². The number of nitrogens with zero attached hydrogens (tertiary/aromatic N) is 12. The number of nitro groups is 3. The van der Waals surface area contributed by atoms with Crippen LogP contribution in [-0.2, 0) is 27.5 Å². The molecule has 29 nitrogen and oxygen atoms in total. The van der Waals surface area contributed by atoms with Crippen LogP contribution in [0.4, 0.5) is 33.2 Å². The van der Waals surface area contributed by atoms with Crippen LogP contribution in [-0.4, -0.2) is 98.2 Å². The largest absolute Gasteiger partial charge is 1.00 e. The number of para-hydroxylation sites is 3. The molecule has 520 valence electrons. The van der Waals surface area contributed by atoms with Gasteiger partial charge in [-0.3, -0.25) is 63.2 Å². The first-order chi connectivity index (χ1) is 47.6. The molecule has 103 heavy (non-hydrogen) atoms. The fourth-order valence-corrected chi connectivity index (χ4v) is 11.7. The number of aromatic amines is 1. The van der Waals surface area contributed by atoms with Crippen LogP contribution in [0.5, 0.6) is 0 Å². The Morgan fingerprint density at radius 1 is 0.621 bits per heavy atom. The van der Waals surface area contributed by atoms with Crippen LogP contribution < -0.4 is 140 Å². The number of nitrogens with one attached hydrogen (secondary N) is 3. The minimum absolute atomic E-state index is 0. The van der Waals surface area contributed by atoms with Gasteiger partial charge in [0, 0.05) is 121 Å². The molecular formula is C70H65ClIK2N15O14. The Bertz CT molecular complexity index is 5510. The van der Waals surface area contributed by atoms with E-state index in [9.17, 15) is 65.3 Å². The number of hydrogen-bond donors (Lipinski definition) is 3. The van der Waals surface area contributed by atoms with Gasteiger partial charge < -0.3 is 46.0 Å². The number of rotatable bonds is 9. The maximum absolute atomic E-state index is 13.4. The van der Waals surface area contributed by atoms with Gasteiger partial charge in [0.2, 0.25) is 0 Å². The zero-order chi connectivity index (χ0) is 71.6. The van der Waals surface area contributed by atoms with E-state index in [1.165, 1.54) is 80.4 Å². The molecule has 0 saturated carbocycles. The number of fused-ring (bicyclic) bond motifs is 9. The van der Waals surface area contributed by atoms with Gasteiger partial charge in [-0.05, 0) is 86.4 Å². The summed E-state index contributed by atoms with van der Waals surface area (Å²) in [5.74, 6) is 0.402. The molecule has 0 radical (unpaired) electrons. The number of nitro benzene ring substituents is 3. The molecule has 6 aromatic carbocycles. The number of benzene rings is 6. The molecule has 1 amide bonds. The maximum atomic E-state index is 13.4. The number of carbonyl (C=O) groups is 2. The molecule has 0 unspecified atom stereocenters. The molecule has 0 atom stereocenters. The van der Waals surface area contributed by atoms with Gasteiger partial charge in [0.1, 0.15) is 40.5 Å². The average Bonchev–Trinajstić information content (AvgIpc) is 1.54. The molecule has 12 aromatic rings. The number of aromatic nitrogens is 6. The van der Waals surface area contributed by atoms with Gasteiger partial charge in [-0.15, -0.1) is 11.6 Å². The number of non-ortho nitro benzene ring substituents is 3. The van der Waals surface area contributed by atoms with E-state index in [-0.39, 0.29) is 159 Å². The van der Waals surface area contributed by atoms with Crippen LogP contribution in [0.25, 0.3) is 82.9 Å². The molecule has 0 bridgehead atoms. The number of amides is 1. The molecule has 8 heterocycles. The first kappa shape index (κ1) is 84.5. The van der Waals surface area contributed by atoms with Gasteiger partial charge in [-0.2, -0.15) is 15.8 Å². The van der Waals surface area contributed by atoms with Crippen LogP contribution in [0, 0.1) is 64.3 Å². The Balaban J connectivity index is 0.000000292. The SMILES string of the molecule is C.C.CC(C)(C)OC(=O)NCCCl.CI.CN1CCn2c3ccccc3c3c2c1c(C#N)c(=O)n3-c1ccc([N+](=O)[O-])cc1.N#Cc1c2c3c(c4ccccc4n3CCN2)n(-c2ccc([N+](=O)[O-])cc2)c1=O.N#Cc1cc2[nH]c3ccccc3c2n(-c2ccc([N+](=O)[O-])cc2)c1=O.O=CO[O-].[H-].[K+].[K+]. The van der Waals surface area contributed by atoms with Gasteiger partial charge in [0.25, 0.3) is 40.2 Å². The van der Waals surface area contributed by atoms with Crippen molar-refractivity contribution in [3.63, 3.8) is 0 Å². The minimum Gasteiger partial charge on any atom is -1.00 e. The Hall–Kier alpha value is -9.17. The third-order valence-electron chi connectivity index (χ3n) is 15.5. The normalized spacial score (nSPS) is 11.2. The first-order valence-corrected chi connectivity index (χ1v) is 32.4. The number of H-pyrrole nitrogens is 1. The molecular weight excluding hydrogens is 1520 g/mol. The number of halogens is 2. The summed E-state index contributed by atoms with van der Waals surface area (Å²) in [6, 6.07) is 47.9. The second kappa shape index (κ2) is 37.3. The fraction of sp³-hybridized carbons (Fsp3) is 0.200. The predicted molar refractivity (Wildman–Crippen MR) is 394 cm³/mol. The van der Waals surface area contributed by atoms with Crippen molar-refractivity contribution in [1.29, 1.82) is 15.8 Å². The number of likely N-dealkylation sites (N-methyl/N-ethyl adjacent to an activating group) is 1. The Morgan fingerprint density at radius 2 is 1.05 bits per heavy atom. The van der Waals surface area contributed by atoms with Gasteiger partial charge in [0.05, 0.1) is 70.3 Å². The van der Waals surface area contributed by atoms with Gasteiger partial charge in [0.15, 0.2) is 0 Å². The van der Waals surface area contributed by atoms with Crippen molar-refractivity contribution in [1.82, 2.24) is 33.1 Å². The Kier molecular flexibility index (Phi) is 30.6. The molecule has 14 rings (SSSR count). The molecule has 6 aromatic heterocycles. The van der Waals surface area contributed by atoms with E-state index < -0.39 is 43.1 Å². The first-order valence-electron chi connectivity index (χ1n) is 29.7. The number of hydrogen-bond acceptors (Lipinski definition) is 19. The number of ether oxygens (including phenoxy) is 1.